The molecule has 0 unspecified atom stereocenters. The number of hydrogen-bond donors (Lipinski definition) is 3. The van der Waals surface area contributed by atoms with Gasteiger partial charge in [0.05, 0.1) is 5.69 Å². The second kappa shape index (κ2) is 3.92. The number of anilines is 1. The average Bonchev–Trinajstić information content (AvgIpc) is 2.07. The summed E-state index contributed by atoms with van der Waals surface area (Å²) in [7, 11) is 0. The normalized spacial score (nSPS) is 9.64. The summed E-state index contributed by atoms with van der Waals surface area (Å²) in [4.78, 5) is 3.92. The van der Waals surface area contributed by atoms with Crippen LogP contribution in [0.15, 0.2) is 24.3 Å². The zero-order valence-electron chi connectivity index (χ0n) is 5.82. The monoisotopic (exact) mass is 155 g/mol. The van der Waals surface area contributed by atoms with Crippen LogP contribution in [0, 0.1) is 0 Å². The highest BCUT2D eigenvalue weighted by Gasteiger charge is 1.91. The van der Waals surface area contributed by atoms with E-state index in [1.54, 1.807) is 24.3 Å². The highest BCUT2D eigenvalue weighted by molar-refractivity contribution is 5.42. The maximum Gasteiger partial charge on any atom is 0.107 e. The average molecular weight is 155 g/mol. The molecule has 11 heavy (non-hydrogen) atoms. The molecule has 1 aromatic carbocycles. The Morgan fingerprint density at radius 3 is 2.36 bits per heavy atom. The van der Waals surface area contributed by atoms with Crippen LogP contribution in [0.5, 0.6) is 0 Å². The lowest BCUT2D eigenvalue weighted by molar-refractivity contribution is -0.253. The topological polar surface area (TPSA) is 61.7 Å². The molecule has 0 fully saturated rings. The molecular weight excluding hydrogens is 146 g/mol. The van der Waals surface area contributed by atoms with Crippen molar-refractivity contribution in [2.45, 2.75) is 6.61 Å². The Kier molecular flexibility index (Phi) is 2.85. The summed E-state index contributed by atoms with van der Waals surface area (Å²) in [5.41, 5.74) is 3.44. The summed E-state index contributed by atoms with van der Waals surface area (Å²) in [6, 6.07) is 6.81. The fraction of sp³-hybridized carbons (Fsp3) is 0.143. The second-order valence-corrected chi connectivity index (χ2v) is 2.08. The van der Waals surface area contributed by atoms with Gasteiger partial charge in [0, 0.05) is 0 Å². The number of benzene rings is 1. The lowest BCUT2D eigenvalue weighted by atomic mass is 10.2. The van der Waals surface area contributed by atoms with Crippen LogP contribution in [-0.2, 0) is 11.5 Å². The van der Waals surface area contributed by atoms with E-state index < -0.39 is 0 Å². The molecule has 4 heteroatoms. The molecule has 0 saturated heterocycles. The molecule has 60 valence electrons. The Balaban J connectivity index is 2.66. The first kappa shape index (κ1) is 8.00. The van der Waals surface area contributed by atoms with Gasteiger partial charge in [-0.05, 0) is 17.7 Å². The fourth-order valence-corrected chi connectivity index (χ4v) is 0.750. The minimum absolute atomic E-state index is 0.158. The van der Waals surface area contributed by atoms with Crippen molar-refractivity contribution in [3.8, 4) is 0 Å². The third-order valence-electron chi connectivity index (χ3n) is 1.31. The summed E-state index contributed by atoms with van der Waals surface area (Å²) in [6.45, 7) is 0.158. The van der Waals surface area contributed by atoms with E-state index in [9.17, 15) is 0 Å². The van der Waals surface area contributed by atoms with E-state index in [4.69, 9.17) is 10.5 Å². The lowest BCUT2D eigenvalue weighted by Crippen LogP contribution is -1.90. The van der Waals surface area contributed by atoms with E-state index in [2.05, 4.69) is 4.89 Å². The van der Waals surface area contributed by atoms with Crippen LogP contribution >= 0.6 is 0 Å². The predicted octanol–water partition coefficient (Wildman–Crippen LogP) is 1.48. The van der Waals surface area contributed by atoms with Crippen LogP contribution in [0.2, 0.25) is 0 Å². The van der Waals surface area contributed by atoms with Crippen LogP contribution in [0.25, 0.3) is 0 Å². The van der Waals surface area contributed by atoms with Gasteiger partial charge in [0.25, 0.3) is 0 Å². The molecule has 0 spiro atoms. The van der Waals surface area contributed by atoms with E-state index in [1.165, 1.54) is 0 Å². The van der Waals surface area contributed by atoms with E-state index in [1.807, 2.05) is 5.48 Å². The molecule has 0 atom stereocenters. The van der Waals surface area contributed by atoms with E-state index in [0.717, 1.165) is 5.56 Å². The number of rotatable bonds is 3. The Bertz CT molecular complexity index is 209. The minimum Gasteiger partial charge on any atom is -0.291 e. The van der Waals surface area contributed by atoms with Crippen molar-refractivity contribution >= 4 is 5.69 Å². The number of nitrogens with one attached hydrogen (secondary N) is 1. The highest BCUT2D eigenvalue weighted by atomic mass is 17.1. The molecule has 0 aliphatic heterocycles. The Morgan fingerprint density at radius 1 is 1.27 bits per heavy atom. The summed E-state index contributed by atoms with van der Waals surface area (Å²) >= 11 is 0. The SMILES string of the molecule is ONc1ccc(COO)cc1. The smallest absolute Gasteiger partial charge is 0.107 e. The van der Waals surface area contributed by atoms with Gasteiger partial charge in [-0.25, -0.2) is 4.89 Å². The van der Waals surface area contributed by atoms with Crippen LogP contribution < -0.4 is 5.48 Å². The van der Waals surface area contributed by atoms with Crippen LogP contribution in [0.4, 0.5) is 5.69 Å². The minimum atomic E-state index is 0.158. The van der Waals surface area contributed by atoms with Gasteiger partial charge in [-0.1, -0.05) is 12.1 Å². The van der Waals surface area contributed by atoms with Gasteiger partial charge in [0.1, 0.15) is 6.61 Å². The third kappa shape index (κ3) is 2.19. The predicted molar refractivity (Wildman–Crippen MR) is 39.3 cm³/mol. The van der Waals surface area contributed by atoms with Crippen LogP contribution in [-0.4, -0.2) is 10.5 Å². The van der Waals surface area contributed by atoms with Crippen LogP contribution in [0.3, 0.4) is 0 Å². The van der Waals surface area contributed by atoms with E-state index in [0.29, 0.717) is 5.69 Å². The second-order valence-electron chi connectivity index (χ2n) is 2.08. The summed E-state index contributed by atoms with van der Waals surface area (Å²) < 4.78 is 0. The molecule has 0 aliphatic rings. The quantitative estimate of drug-likeness (QED) is 0.457. The zero-order chi connectivity index (χ0) is 8.10. The Hall–Kier alpha value is -1.10. The third-order valence-corrected chi connectivity index (χ3v) is 1.31. The van der Waals surface area contributed by atoms with Gasteiger partial charge in [-0.15, -0.1) is 0 Å². The molecule has 0 aliphatic carbocycles. The first-order valence-electron chi connectivity index (χ1n) is 3.12. The molecule has 0 heterocycles. The molecule has 0 saturated carbocycles. The maximum absolute atomic E-state index is 8.43. The Labute approximate surface area is 63.9 Å². The Morgan fingerprint density at radius 2 is 1.91 bits per heavy atom. The largest absolute Gasteiger partial charge is 0.291 e. The van der Waals surface area contributed by atoms with Crippen molar-refractivity contribution in [2.24, 2.45) is 0 Å². The molecule has 0 amide bonds. The zero-order valence-corrected chi connectivity index (χ0v) is 5.82. The fourth-order valence-electron chi connectivity index (χ4n) is 0.750. The molecule has 0 bridgehead atoms. The van der Waals surface area contributed by atoms with Gasteiger partial charge in [-0.2, -0.15) is 0 Å². The summed E-state index contributed by atoms with van der Waals surface area (Å²) in [6.07, 6.45) is 0. The molecule has 4 nitrogen and oxygen atoms in total. The van der Waals surface area contributed by atoms with Gasteiger partial charge in [-0.3, -0.25) is 15.9 Å². The first-order chi connectivity index (χ1) is 5.36. The molecule has 1 aromatic rings. The van der Waals surface area contributed by atoms with Gasteiger partial charge in [0.15, 0.2) is 0 Å². The molecule has 0 aromatic heterocycles. The van der Waals surface area contributed by atoms with Crippen molar-refractivity contribution in [1.82, 2.24) is 0 Å². The van der Waals surface area contributed by atoms with Crippen molar-refractivity contribution in [2.75, 3.05) is 5.48 Å². The van der Waals surface area contributed by atoms with Gasteiger partial charge >= 0.3 is 0 Å². The highest BCUT2D eigenvalue weighted by Crippen LogP contribution is 2.08. The van der Waals surface area contributed by atoms with E-state index in [-0.39, 0.29) is 6.61 Å². The van der Waals surface area contributed by atoms with Crippen molar-refractivity contribution < 1.29 is 15.4 Å². The van der Waals surface area contributed by atoms with Gasteiger partial charge in [0.2, 0.25) is 0 Å². The standard InChI is InChI=1S/C7H9NO3/c9-8-7-3-1-6(2-4-7)5-11-10/h1-4,8-10H,5H2. The molecule has 3 N–H and O–H groups in total. The number of hydrogen-bond acceptors (Lipinski definition) is 4. The van der Waals surface area contributed by atoms with Crippen molar-refractivity contribution in [3.63, 3.8) is 0 Å². The summed E-state index contributed by atoms with van der Waals surface area (Å²) in [5, 5.41) is 16.5. The molecular formula is C7H9NO3. The van der Waals surface area contributed by atoms with Crippen molar-refractivity contribution in [1.29, 1.82) is 0 Å². The van der Waals surface area contributed by atoms with Crippen molar-refractivity contribution in [3.05, 3.63) is 29.8 Å². The van der Waals surface area contributed by atoms with Crippen LogP contribution in [0.1, 0.15) is 5.56 Å². The molecule has 0 radical (unpaired) electrons. The van der Waals surface area contributed by atoms with E-state index >= 15 is 0 Å². The van der Waals surface area contributed by atoms with Gasteiger partial charge < -0.3 is 0 Å². The summed E-state index contributed by atoms with van der Waals surface area (Å²) in [5.74, 6) is 0. The molecule has 1 rings (SSSR count). The lowest BCUT2D eigenvalue weighted by Gasteiger charge is -1.99. The maximum atomic E-state index is 8.43. The first-order valence-corrected chi connectivity index (χ1v) is 3.12.